The van der Waals surface area contributed by atoms with E-state index in [0.717, 1.165) is 37.9 Å². The van der Waals surface area contributed by atoms with Crippen molar-refractivity contribution in [1.82, 2.24) is 0 Å². The van der Waals surface area contributed by atoms with Crippen LogP contribution in [-0.4, -0.2) is 23.4 Å². The molecule has 110 valence electrons. The van der Waals surface area contributed by atoms with E-state index in [1.165, 1.54) is 18.6 Å². The third kappa shape index (κ3) is 2.85. The largest absolute Gasteiger partial charge is 0.392 e. The molecule has 2 unspecified atom stereocenters. The van der Waals surface area contributed by atoms with Gasteiger partial charge in [0.15, 0.2) is 0 Å². The maximum Gasteiger partial charge on any atom is 0.124 e. The number of halogens is 2. The lowest BCUT2D eigenvalue weighted by Crippen LogP contribution is -2.48. The van der Waals surface area contributed by atoms with E-state index in [4.69, 9.17) is 16.3 Å². The molecule has 1 saturated heterocycles. The average Bonchev–Trinajstić information content (AvgIpc) is 2.40. The first-order valence-corrected chi connectivity index (χ1v) is 7.72. The first kappa shape index (κ1) is 14.3. The molecule has 0 amide bonds. The van der Waals surface area contributed by atoms with E-state index >= 15 is 0 Å². The van der Waals surface area contributed by atoms with Crippen LogP contribution >= 0.6 is 11.6 Å². The van der Waals surface area contributed by atoms with Crippen molar-refractivity contribution < 1.29 is 14.2 Å². The zero-order chi connectivity index (χ0) is 14.2. The molecule has 1 saturated carbocycles. The van der Waals surface area contributed by atoms with Crippen molar-refractivity contribution in [1.29, 1.82) is 0 Å². The van der Waals surface area contributed by atoms with Crippen LogP contribution in [0.1, 0.15) is 37.7 Å². The Morgan fingerprint density at radius 1 is 1.45 bits per heavy atom. The van der Waals surface area contributed by atoms with Crippen LogP contribution in [0.5, 0.6) is 0 Å². The predicted octanol–water partition coefficient (Wildman–Crippen LogP) is 3.73. The summed E-state index contributed by atoms with van der Waals surface area (Å²) in [5.41, 5.74) is 0.853. The molecule has 0 aromatic heterocycles. The molecule has 2 fully saturated rings. The summed E-state index contributed by atoms with van der Waals surface area (Å²) in [6.45, 7) is 0.735. The fourth-order valence-electron chi connectivity index (χ4n) is 3.39. The summed E-state index contributed by atoms with van der Waals surface area (Å²) in [6.07, 6.45) is 5.35. The minimum atomic E-state index is -0.431. The molecule has 3 rings (SSSR count). The van der Waals surface area contributed by atoms with E-state index in [1.54, 1.807) is 6.07 Å². The van der Waals surface area contributed by atoms with E-state index in [1.807, 2.05) is 0 Å². The van der Waals surface area contributed by atoms with E-state index in [9.17, 15) is 9.50 Å². The third-order valence-corrected chi connectivity index (χ3v) is 5.14. The Hall–Kier alpha value is -0.640. The van der Waals surface area contributed by atoms with Gasteiger partial charge in [-0.1, -0.05) is 17.7 Å². The van der Waals surface area contributed by atoms with Crippen molar-refractivity contribution in [3.63, 3.8) is 0 Å². The second kappa shape index (κ2) is 5.63. The van der Waals surface area contributed by atoms with Crippen molar-refractivity contribution in [2.45, 2.75) is 50.2 Å². The maximum absolute atomic E-state index is 13.0. The Balaban J connectivity index is 1.65. The highest BCUT2D eigenvalue weighted by atomic mass is 35.5. The average molecular weight is 299 g/mol. The van der Waals surface area contributed by atoms with Crippen LogP contribution in [0.2, 0.25) is 5.02 Å². The highest BCUT2D eigenvalue weighted by Crippen LogP contribution is 2.45. The maximum atomic E-state index is 13.0. The van der Waals surface area contributed by atoms with Gasteiger partial charge in [0.05, 0.1) is 11.7 Å². The van der Waals surface area contributed by atoms with Crippen molar-refractivity contribution in [2.75, 3.05) is 6.61 Å². The molecular formula is C16H20ClFO2. The number of hydrogen-bond acceptors (Lipinski definition) is 2. The summed E-state index contributed by atoms with van der Waals surface area (Å²) in [4.78, 5) is 0. The summed E-state index contributed by atoms with van der Waals surface area (Å²) in [5, 5.41) is 10.9. The van der Waals surface area contributed by atoms with E-state index < -0.39 is 6.10 Å². The number of ether oxygens (including phenoxy) is 1. The molecule has 4 heteroatoms. The molecule has 1 aliphatic heterocycles. The SMILES string of the molecule is OC(Cc1ccc(F)cc1Cl)C1CCOC2(CCC2)C1. The second-order valence-corrected chi connectivity index (χ2v) is 6.55. The fourth-order valence-corrected chi connectivity index (χ4v) is 3.64. The van der Waals surface area contributed by atoms with Crippen LogP contribution in [-0.2, 0) is 11.2 Å². The van der Waals surface area contributed by atoms with Crippen LogP contribution in [0.3, 0.4) is 0 Å². The standard InChI is InChI=1S/C16H20ClFO2/c17-14-9-13(18)3-2-11(14)8-15(19)12-4-7-20-16(10-12)5-1-6-16/h2-3,9,12,15,19H,1,4-8,10H2. The van der Waals surface area contributed by atoms with Gasteiger partial charge in [0.2, 0.25) is 0 Å². The molecule has 0 radical (unpaired) electrons. The Labute approximate surface area is 123 Å². The van der Waals surface area contributed by atoms with Gasteiger partial charge in [0.1, 0.15) is 5.82 Å². The van der Waals surface area contributed by atoms with Crippen LogP contribution in [0.15, 0.2) is 18.2 Å². The number of rotatable bonds is 3. The van der Waals surface area contributed by atoms with Gasteiger partial charge in [-0.05, 0) is 55.7 Å². The predicted molar refractivity (Wildman–Crippen MR) is 76.4 cm³/mol. The molecule has 2 nitrogen and oxygen atoms in total. The first-order valence-electron chi connectivity index (χ1n) is 7.34. The number of benzene rings is 1. The molecule has 1 spiro atoms. The van der Waals surface area contributed by atoms with Crippen LogP contribution < -0.4 is 0 Å². The monoisotopic (exact) mass is 298 g/mol. The lowest BCUT2D eigenvalue weighted by molar-refractivity contribution is -0.156. The molecule has 20 heavy (non-hydrogen) atoms. The molecule has 1 aromatic rings. The molecule has 1 aromatic carbocycles. The molecule has 1 heterocycles. The minimum absolute atomic E-state index is 0.0382. The van der Waals surface area contributed by atoms with E-state index in [0.29, 0.717) is 11.4 Å². The van der Waals surface area contributed by atoms with Gasteiger partial charge in [-0.3, -0.25) is 0 Å². The van der Waals surface area contributed by atoms with Gasteiger partial charge >= 0.3 is 0 Å². The van der Waals surface area contributed by atoms with Gasteiger partial charge in [0.25, 0.3) is 0 Å². The topological polar surface area (TPSA) is 29.5 Å². The van der Waals surface area contributed by atoms with Gasteiger partial charge in [-0.15, -0.1) is 0 Å². The Morgan fingerprint density at radius 2 is 2.25 bits per heavy atom. The molecule has 2 atom stereocenters. The second-order valence-electron chi connectivity index (χ2n) is 6.15. The molecule has 0 bridgehead atoms. The van der Waals surface area contributed by atoms with Crippen LogP contribution in [0.4, 0.5) is 4.39 Å². The lowest BCUT2D eigenvalue weighted by atomic mass is 9.70. The first-order chi connectivity index (χ1) is 9.58. The lowest BCUT2D eigenvalue weighted by Gasteiger charge is -2.48. The van der Waals surface area contributed by atoms with E-state index in [2.05, 4.69) is 0 Å². The van der Waals surface area contributed by atoms with Crippen LogP contribution in [0, 0.1) is 11.7 Å². The summed E-state index contributed by atoms with van der Waals surface area (Å²) in [5.74, 6) is -0.0853. The zero-order valence-corrected chi connectivity index (χ0v) is 12.2. The fraction of sp³-hybridized carbons (Fsp3) is 0.625. The number of aliphatic hydroxyl groups is 1. The highest BCUT2D eigenvalue weighted by molar-refractivity contribution is 6.31. The smallest absolute Gasteiger partial charge is 0.124 e. The Morgan fingerprint density at radius 3 is 2.90 bits per heavy atom. The van der Waals surface area contributed by atoms with Gasteiger partial charge in [0, 0.05) is 18.1 Å². The normalized spacial score (nSPS) is 26.2. The summed E-state index contributed by atoms with van der Waals surface area (Å²) in [6, 6.07) is 4.37. The minimum Gasteiger partial charge on any atom is -0.392 e. The molecule has 1 aliphatic carbocycles. The van der Waals surface area contributed by atoms with Gasteiger partial charge in [-0.2, -0.15) is 0 Å². The van der Waals surface area contributed by atoms with Crippen molar-refractivity contribution >= 4 is 11.6 Å². The Bertz CT molecular complexity index is 487. The Kier molecular flexibility index (Phi) is 4.02. The van der Waals surface area contributed by atoms with Crippen molar-refractivity contribution in [3.8, 4) is 0 Å². The summed E-state index contributed by atoms with van der Waals surface area (Å²) in [7, 11) is 0. The molecule has 2 aliphatic rings. The third-order valence-electron chi connectivity index (χ3n) is 4.78. The van der Waals surface area contributed by atoms with Gasteiger partial charge in [-0.25, -0.2) is 4.39 Å². The molecular weight excluding hydrogens is 279 g/mol. The zero-order valence-electron chi connectivity index (χ0n) is 11.4. The highest BCUT2D eigenvalue weighted by Gasteiger charge is 2.44. The van der Waals surface area contributed by atoms with E-state index in [-0.39, 0.29) is 17.3 Å². The molecule has 1 N–H and O–H groups in total. The number of hydrogen-bond donors (Lipinski definition) is 1. The summed E-state index contributed by atoms with van der Waals surface area (Å²) >= 11 is 6.03. The van der Waals surface area contributed by atoms with Gasteiger partial charge < -0.3 is 9.84 Å². The number of aliphatic hydroxyl groups excluding tert-OH is 1. The van der Waals surface area contributed by atoms with Crippen LogP contribution in [0.25, 0.3) is 0 Å². The summed E-state index contributed by atoms with van der Waals surface area (Å²) < 4.78 is 18.9. The quantitative estimate of drug-likeness (QED) is 0.921. The van der Waals surface area contributed by atoms with Crippen molar-refractivity contribution in [3.05, 3.63) is 34.6 Å². The van der Waals surface area contributed by atoms with Crippen molar-refractivity contribution in [2.24, 2.45) is 5.92 Å².